The summed E-state index contributed by atoms with van der Waals surface area (Å²) in [7, 11) is 0. The lowest BCUT2D eigenvalue weighted by Crippen LogP contribution is -2.37. The van der Waals surface area contributed by atoms with Gasteiger partial charge in [-0.1, -0.05) is 19.3 Å². The van der Waals surface area contributed by atoms with Crippen LogP contribution in [0.5, 0.6) is 0 Å². The number of fused-ring (bicyclic) bond motifs is 1. The van der Waals surface area contributed by atoms with Crippen molar-refractivity contribution in [3.63, 3.8) is 0 Å². The minimum Gasteiger partial charge on any atom is -0.365 e. The van der Waals surface area contributed by atoms with Crippen LogP contribution in [0.4, 0.5) is 5.00 Å². The number of amides is 2. The molecule has 0 spiro atoms. The molecule has 0 saturated heterocycles. The number of thiophene rings is 1. The SMILES string of the molecule is NC(=O)c1c(NC(=O)CNC2CCCCC2)sc2c1CCCC2. The maximum atomic E-state index is 12.2. The number of rotatable bonds is 5. The van der Waals surface area contributed by atoms with E-state index in [4.69, 9.17) is 5.73 Å². The van der Waals surface area contributed by atoms with E-state index in [0.29, 0.717) is 23.2 Å². The predicted octanol–water partition coefficient (Wildman–Crippen LogP) is 2.59. The molecule has 0 bridgehead atoms. The van der Waals surface area contributed by atoms with E-state index in [1.807, 2.05) is 0 Å². The minimum absolute atomic E-state index is 0.0864. The lowest BCUT2D eigenvalue weighted by atomic mass is 9.95. The first-order valence-corrected chi connectivity index (χ1v) is 9.44. The molecule has 0 aliphatic heterocycles. The van der Waals surface area contributed by atoms with E-state index in [0.717, 1.165) is 44.1 Å². The van der Waals surface area contributed by atoms with Crippen molar-refractivity contribution in [1.82, 2.24) is 5.32 Å². The molecule has 0 atom stereocenters. The summed E-state index contributed by atoms with van der Waals surface area (Å²) in [6.45, 7) is 0.297. The summed E-state index contributed by atoms with van der Waals surface area (Å²) in [5.74, 6) is -0.517. The van der Waals surface area contributed by atoms with Gasteiger partial charge in [0.2, 0.25) is 5.91 Å². The first-order valence-electron chi connectivity index (χ1n) is 8.62. The van der Waals surface area contributed by atoms with Crippen LogP contribution in [0.3, 0.4) is 0 Å². The smallest absolute Gasteiger partial charge is 0.251 e. The van der Waals surface area contributed by atoms with Gasteiger partial charge in [-0.2, -0.15) is 0 Å². The van der Waals surface area contributed by atoms with Crippen LogP contribution in [-0.2, 0) is 17.6 Å². The monoisotopic (exact) mass is 335 g/mol. The number of carbonyl (C=O) groups excluding carboxylic acids is 2. The quantitative estimate of drug-likeness (QED) is 0.773. The molecule has 0 aromatic carbocycles. The van der Waals surface area contributed by atoms with Gasteiger partial charge in [-0.3, -0.25) is 9.59 Å². The number of nitrogens with one attached hydrogen (secondary N) is 2. The molecule has 1 saturated carbocycles. The van der Waals surface area contributed by atoms with Crippen LogP contribution < -0.4 is 16.4 Å². The first kappa shape index (κ1) is 16.5. The van der Waals surface area contributed by atoms with Crippen molar-refractivity contribution in [1.29, 1.82) is 0 Å². The van der Waals surface area contributed by atoms with E-state index in [-0.39, 0.29) is 5.91 Å². The summed E-state index contributed by atoms with van der Waals surface area (Å²) in [6, 6.07) is 0.446. The van der Waals surface area contributed by atoms with Crippen LogP contribution in [0.2, 0.25) is 0 Å². The van der Waals surface area contributed by atoms with Gasteiger partial charge in [0.25, 0.3) is 5.91 Å². The van der Waals surface area contributed by atoms with E-state index in [1.54, 1.807) is 0 Å². The summed E-state index contributed by atoms with van der Waals surface area (Å²) in [5, 5.41) is 6.87. The van der Waals surface area contributed by atoms with Gasteiger partial charge in [0, 0.05) is 10.9 Å². The van der Waals surface area contributed by atoms with Gasteiger partial charge in [-0.05, 0) is 44.1 Å². The zero-order valence-corrected chi connectivity index (χ0v) is 14.3. The summed E-state index contributed by atoms with van der Waals surface area (Å²) in [6.07, 6.45) is 10.2. The number of primary amides is 1. The van der Waals surface area contributed by atoms with Crippen molar-refractivity contribution in [2.75, 3.05) is 11.9 Å². The molecule has 1 fully saturated rings. The highest BCUT2D eigenvalue weighted by Crippen LogP contribution is 2.37. The fraction of sp³-hybridized carbons (Fsp3) is 0.647. The summed E-state index contributed by atoms with van der Waals surface area (Å²) in [5.41, 5.74) is 7.15. The van der Waals surface area contributed by atoms with Crippen LogP contribution in [0, 0.1) is 0 Å². The number of nitrogens with two attached hydrogens (primary N) is 1. The van der Waals surface area contributed by atoms with Crippen LogP contribution in [0.15, 0.2) is 0 Å². The Labute approximate surface area is 141 Å². The molecule has 1 aromatic rings. The summed E-state index contributed by atoms with van der Waals surface area (Å²) in [4.78, 5) is 25.2. The molecule has 2 aliphatic carbocycles. The van der Waals surface area contributed by atoms with E-state index < -0.39 is 5.91 Å². The van der Waals surface area contributed by atoms with Crippen LogP contribution in [-0.4, -0.2) is 24.4 Å². The van der Waals surface area contributed by atoms with E-state index >= 15 is 0 Å². The van der Waals surface area contributed by atoms with Crippen LogP contribution in [0.1, 0.15) is 65.7 Å². The Morgan fingerprint density at radius 2 is 1.83 bits per heavy atom. The molecule has 3 rings (SSSR count). The standard InChI is InChI=1S/C17H25N3O2S/c18-16(22)15-12-8-4-5-9-13(12)23-17(15)20-14(21)10-19-11-6-2-1-3-7-11/h11,19H,1-10H2,(H2,18,22)(H,20,21). The third-order valence-electron chi connectivity index (χ3n) is 4.83. The molecule has 0 radical (unpaired) electrons. The van der Waals surface area contributed by atoms with Gasteiger partial charge in [0.15, 0.2) is 0 Å². The Morgan fingerprint density at radius 1 is 1.09 bits per heavy atom. The second-order valence-corrected chi connectivity index (χ2v) is 7.65. The van der Waals surface area contributed by atoms with E-state index in [1.165, 1.54) is 35.5 Å². The number of aryl methyl sites for hydroxylation is 1. The van der Waals surface area contributed by atoms with Crippen molar-refractivity contribution in [3.8, 4) is 0 Å². The molecule has 1 heterocycles. The van der Waals surface area contributed by atoms with Gasteiger partial charge in [-0.25, -0.2) is 0 Å². The first-order chi connectivity index (χ1) is 11.1. The molecule has 23 heavy (non-hydrogen) atoms. The normalized spacial score (nSPS) is 18.4. The van der Waals surface area contributed by atoms with Gasteiger partial charge in [-0.15, -0.1) is 11.3 Å². The van der Waals surface area contributed by atoms with Crippen molar-refractivity contribution < 1.29 is 9.59 Å². The lowest BCUT2D eigenvalue weighted by molar-refractivity contribution is -0.115. The highest BCUT2D eigenvalue weighted by molar-refractivity contribution is 7.17. The Bertz CT molecular complexity index is 591. The number of anilines is 1. The zero-order valence-electron chi connectivity index (χ0n) is 13.5. The maximum absolute atomic E-state index is 12.2. The topological polar surface area (TPSA) is 84.2 Å². The van der Waals surface area contributed by atoms with Crippen molar-refractivity contribution >= 4 is 28.2 Å². The molecule has 1 aromatic heterocycles. The minimum atomic E-state index is -0.431. The molecule has 126 valence electrons. The van der Waals surface area contributed by atoms with Crippen molar-refractivity contribution in [2.24, 2.45) is 5.73 Å². The summed E-state index contributed by atoms with van der Waals surface area (Å²) < 4.78 is 0. The number of hydrogen-bond donors (Lipinski definition) is 3. The molecule has 5 nitrogen and oxygen atoms in total. The largest absolute Gasteiger partial charge is 0.365 e. The zero-order chi connectivity index (χ0) is 16.2. The van der Waals surface area contributed by atoms with Crippen LogP contribution in [0.25, 0.3) is 0 Å². The third kappa shape index (κ3) is 3.93. The van der Waals surface area contributed by atoms with Gasteiger partial charge in [0.1, 0.15) is 5.00 Å². The molecule has 4 N–H and O–H groups in total. The maximum Gasteiger partial charge on any atom is 0.251 e. The summed E-state index contributed by atoms with van der Waals surface area (Å²) >= 11 is 1.52. The van der Waals surface area contributed by atoms with Crippen molar-refractivity contribution in [3.05, 3.63) is 16.0 Å². The van der Waals surface area contributed by atoms with Gasteiger partial charge in [0.05, 0.1) is 12.1 Å². The molecule has 0 unspecified atom stereocenters. The number of hydrogen-bond acceptors (Lipinski definition) is 4. The fourth-order valence-corrected chi connectivity index (χ4v) is 4.94. The Kier molecular flexibility index (Phi) is 5.33. The molecular formula is C17H25N3O2S. The van der Waals surface area contributed by atoms with Crippen molar-refractivity contribution in [2.45, 2.75) is 63.8 Å². The Balaban J connectivity index is 1.63. The second-order valence-electron chi connectivity index (χ2n) is 6.54. The fourth-order valence-electron chi connectivity index (χ4n) is 3.63. The Morgan fingerprint density at radius 3 is 2.57 bits per heavy atom. The lowest BCUT2D eigenvalue weighted by Gasteiger charge is -2.22. The average molecular weight is 335 g/mol. The molecule has 2 aliphatic rings. The van der Waals surface area contributed by atoms with E-state index in [9.17, 15) is 9.59 Å². The average Bonchev–Trinajstić information content (AvgIpc) is 2.91. The molecular weight excluding hydrogens is 310 g/mol. The molecule has 6 heteroatoms. The third-order valence-corrected chi connectivity index (χ3v) is 6.03. The van der Waals surface area contributed by atoms with Gasteiger partial charge < -0.3 is 16.4 Å². The number of carbonyl (C=O) groups is 2. The van der Waals surface area contributed by atoms with Crippen LogP contribution >= 0.6 is 11.3 Å². The Hall–Kier alpha value is -1.40. The highest BCUT2D eigenvalue weighted by Gasteiger charge is 2.25. The highest BCUT2D eigenvalue weighted by atomic mass is 32.1. The second kappa shape index (κ2) is 7.45. The molecule has 2 amide bonds. The van der Waals surface area contributed by atoms with Gasteiger partial charge >= 0.3 is 0 Å². The van der Waals surface area contributed by atoms with E-state index in [2.05, 4.69) is 10.6 Å². The predicted molar refractivity (Wildman–Crippen MR) is 93.0 cm³/mol.